The fourth-order valence-electron chi connectivity index (χ4n) is 0.756. The van der Waals surface area contributed by atoms with E-state index < -0.39 is 7.12 Å². The standard InChI is InChI=1S/C4H9BO2/c1-4-2-5(6)7-3-4/h4,6H,2-3H2,1H3. The smallest absolute Gasteiger partial charge is 0.427 e. The van der Waals surface area contributed by atoms with Gasteiger partial charge in [0.05, 0.1) is 0 Å². The second-order valence-corrected chi connectivity index (χ2v) is 2.13. The zero-order valence-corrected chi connectivity index (χ0v) is 4.42. The summed E-state index contributed by atoms with van der Waals surface area (Å²) in [7, 11) is -0.477. The quantitative estimate of drug-likeness (QED) is 0.438. The fraction of sp³-hybridized carbons (Fsp3) is 1.00. The topological polar surface area (TPSA) is 29.5 Å². The second-order valence-electron chi connectivity index (χ2n) is 2.13. The van der Waals surface area contributed by atoms with Gasteiger partial charge in [-0.2, -0.15) is 0 Å². The van der Waals surface area contributed by atoms with Gasteiger partial charge in [-0.1, -0.05) is 6.92 Å². The number of hydrogen-bond donors (Lipinski definition) is 1. The summed E-state index contributed by atoms with van der Waals surface area (Å²) in [4.78, 5) is 0. The van der Waals surface area contributed by atoms with Crippen LogP contribution in [-0.2, 0) is 4.65 Å². The Kier molecular flexibility index (Phi) is 1.35. The van der Waals surface area contributed by atoms with Gasteiger partial charge in [0.15, 0.2) is 0 Å². The van der Waals surface area contributed by atoms with Crippen molar-refractivity contribution in [2.24, 2.45) is 5.92 Å². The minimum Gasteiger partial charge on any atom is -0.427 e. The van der Waals surface area contributed by atoms with Gasteiger partial charge in [0.1, 0.15) is 0 Å². The van der Waals surface area contributed by atoms with E-state index in [1.165, 1.54) is 0 Å². The third kappa shape index (κ3) is 1.18. The van der Waals surface area contributed by atoms with E-state index in [4.69, 9.17) is 9.68 Å². The number of rotatable bonds is 0. The Morgan fingerprint density at radius 1 is 1.86 bits per heavy atom. The first-order valence-corrected chi connectivity index (χ1v) is 2.58. The summed E-state index contributed by atoms with van der Waals surface area (Å²) in [6.07, 6.45) is 0.806. The molecule has 0 saturated carbocycles. The van der Waals surface area contributed by atoms with Crippen molar-refractivity contribution in [3.05, 3.63) is 0 Å². The first-order valence-electron chi connectivity index (χ1n) is 2.58. The summed E-state index contributed by atoms with van der Waals surface area (Å²) in [5.74, 6) is 0.551. The van der Waals surface area contributed by atoms with Gasteiger partial charge in [0.2, 0.25) is 0 Å². The van der Waals surface area contributed by atoms with Crippen LogP contribution >= 0.6 is 0 Å². The van der Waals surface area contributed by atoms with Crippen molar-refractivity contribution in [2.45, 2.75) is 13.2 Å². The molecule has 0 amide bonds. The normalized spacial score (nSPS) is 31.7. The molecule has 1 saturated heterocycles. The maximum Gasteiger partial charge on any atom is 0.454 e. The molecule has 2 nitrogen and oxygen atoms in total. The van der Waals surface area contributed by atoms with Crippen molar-refractivity contribution < 1.29 is 9.68 Å². The third-order valence-corrected chi connectivity index (χ3v) is 1.18. The Morgan fingerprint density at radius 3 is 2.71 bits per heavy atom. The zero-order chi connectivity index (χ0) is 5.28. The van der Waals surface area contributed by atoms with Gasteiger partial charge in [0, 0.05) is 6.61 Å². The Hall–Kier alpha value is -0.0151. The average molecular weight is 99.9 g/mol. The molecule has 1 unspecified atom stereocenters. The molecule has 1 heterocycles. The SMILES string of the molecule is CC1COB(O)C1. The molecular formula is C4H9BO2. The fourth-order valence-corrected chi connectivity index (χ4v) is 0.756. The lowest BCUT2D eigenvalue weighted by Gasteiger charge is -1.90. The molecule has 1 rings (SSSR count). The molecule has 0 aliphatic carbocycles. The molecule has 0 aromatic rings. The molecule has 3 heteroatoms. The Morgan fingerprint density at radius 2 is 2.57 bits per heavy atom. The molecule has 0 spiro atoms. The van der Waals surface area contributed by atoms with Crippen molar-refractivity contribution in [3.63, 3.8) is 0 Å². The zero-order valence-electron chi connectivity index (χ0n) is 4.42. The average Bonchev–Trinajstić information content (AvgIpc) is 1.87. The van der Waals surface area contributed by atoms with Crippen LogP contribution in [0.1, 0.15) is 6.92 Å². The molecule has 0 radical (unpaired) electrons. The Labute approximate surface area is 43.6 Å². The van der Waals surface area contributed by atoms with Crippen LogP contribution in [0.4, 0.5) is 0 Å². The Balaban J connectivity index is 2.26. The predicted molar refractivity (Wildman–Crippen MR) is 27.9 cm³/mol. The van der Waals surface area contributed by atoms with E-state index in [9.17, 15) is 0 Å². The van der Waals surface area contributed by atoms with Gasteiger partial charge in [-0.25, -0.2) is 0 Å². The molecule has 0 aromatic carbocycles. The van der Waals surface area contributed by atoms with E-state index >= 15 is 0 Å². The lowest BCUT2D eigenvalue weighted by atomic mass is 9.83. The summed E-state index contributed by atoms with van der Waals surface area (Å²) in [6.45, 7) is 2.79. The van der Waals surface area contributed by atoms with Crippen LogP contribution in [0.25, 0.3) is 0 Å². The van der Waals surface area contributed by atoms with Gasteiger partial charge < -0.3 is 9.68 Å². The third-order valence-electron chi connectivity index (χ3n) is 1.18. The van der Waals surface area contributed by atoms with Gasteiger partial charge in [-0.3, -0.25) is 0 Å². The van der Waals surface area contributed by atoms with Crippen LogP contribution in [0.5, 0.6) is 0 Å². The van der Waals surface area contributed by atoms with E-state index in [0.717, 1.165) is 12.9 Å². The van der Waals surface area contributed by atoms with E-state index in [1.807, 2.05) is 0 Å². The van der Waals surface area contributed by atoms with E-state index in [0.29, 0.717) is 5.92 Å². The highest BCUT2D eigenvalue weighted by atomic mass is 16.5. The first kappa shape index (κ1) is 5.13. The van der Waals surface area contributed by atoms with Crippen LogP contribution in [0.2, 0.25) is 6.32 Å². The van der Waals surface area contributed by atoms with Gasteiger partial charge >= 0.3 is 7.12 Å². The lowest BCUT2D eigenvalue weighted by Crippen LogP contribution is -2.07. The summed E-state index contributed by atoms with van der Waals surface area (Å²) >= 11 is 0. The Bertz CT molecular complexity index is 58.7. The summed E-state index contributed by atoms with van der Waals surface area (Å²) in [5.41, 5.74) is 0. The van der Waals surface area contributed by atoms with Crippen LogP contribution in [0, 0.1) is 5.92 Å². The first-order chi connectivity index (χ1) is 3.29. The van der Waals surface area contributed by atoms with E-state index in [1.54, 1.807) is 0 Å². The van der Waals surface area contributed by atoms with Crippen molar-refractivity contribution in [1.29, 1.82) is 0 Å². The van der Waals surface area contributed by atoms with Crippen LogP contribution in [0.15, 0.2) is 0 Å². The largest absolute Gasteiger partial charge is 0.454 e. The monoisotopic (exact) mass is 100 g/mol. The van der Waals surface area contributed by atoms with Gasteiger partial charge in [-0.15, -0.1) is 0 Å². The number of hydrogen-bond acceptors (Lipinski definition) is 2. The molecule has 1 aliphatic rings. The van der Waals surface area contributed by atoms with Crippen LogP contribution < -0.4 is 0 Å². The van der Waals surface area contributed by atoms with E-state index in [2.05, 4.69) is 6.92 Å². The van der Waals surface area contributed by atoms with E-state index in [-0.39, 0.29) is 0 Å². The minimum absolute atomic E-state index is 0.477. The van der Waals surface area contributed by atoms with Gasteiger partial charge in [-0.05, 0) is 12.2 Å². The molecule has 40 valence electrons. The molecule has 7 heavy (non-hydrogen) atoms. The molecule has 1 N–H and O–H groups in total. The highest BCUT2D eigenvalue weighted by Crippen LogP contribution is 2.13. The predicted octanol–water partition coefficient (Wildman–Crippen LogP) is 0.133. The lowest BCUT2D eigenvalue weighted by molar-refractivity contribution is 0.280. The van der Waals surface area contributed by atoms with Crippen molar-refractivity contribution in [1.82, 2.24) is 0 Å². The van der Waals surface area contributed by atoms with Crippen molar-refractivity contribution in [2.75, 3.05) is 6.61 Å². The highest BCUT2D eigenvalue weighted by molar-refractivity contribution is 6.43. The minimum atomic E-state index is -0.477. The molecular weight excluding hydrogens is 90.9 g/mol. The highest BCUT2D eigenvalue weighted by Gasteiger charge is 2.24. The maximum atomic E-state index is 8.68. The molecule has 1 atom stereocenters. The second kappa shape index (κ2) is 1.84. The molecule has 0 aromatic heterocycles. The maximum absolute atomic E-state index is 8.68. The molecule has 1 fully saturated rings. The van der Waals surface area contributed by atoms with Crippen LogP contribution in [-0.4, -0.2) is 18.7 Å². The van der Waals surface area contributed by atoms with Crippen molar-refractivity contribution >= 4 is 7.12 Å². The summed E-state index contributed by atoms with van der Waals surface area (Å²) < 4.78 is 4.82. The van der Waals surface area contributed by atoms with Crippen molar-refractivity contribution in [3.8, 4) is 0 Å². The molecule has 1 aliphatic heterocycles. The van der Waals surface area contributed by atoms with Crippen LogP contribution in [0.3, 0.4) is 0 Å². The summed E-state index contributed by atoms with van der Waals surface area (Å²) in [5, 5.41) is 8.68. The molecule has 0 bridgehead atoms. The van der Waals surface area contributed by atoms with Gasteiger partial charge in [0.25, 0.3) is 0 Å². The summed E-state index contributed by atoms with van der Waals surface area (Å²) in [6, 6.07) is 0.